The second-order valence-electron chi connectivity index (χ2n) is 8.99. The van der Waals surface area contributed by atoms with E-state index in [1.165, 1.54) is 17.0 Å². The minimum Gasteiger partial charge on any atom is -0.480 e. The van der Waals surface area contributed by atoms with E-state index in [4.69, 9.17) is 0 Å². The number of rotatable bonds is 2. The summed E-state index contributed by atoms with van der Waals surface area (Å²) < 4.78 is 28.2. The molecule has 10 heteroatoms. The Kier molecular flexibility index (Phi) is 6.52. The fourth-order valence-corrected chi connectivity index (χ4v) is 6.29. The maximum atomic E-state index is 13.5. The van der Waals surface area contributed by atoms with Crippen LogP contribution in [0, 0.1) is 5.92 Å². The van der Waals surface area contributed by atoms with Gasteiger partial charge in [-0.2, -0.15) is 0 Å². The van der Waals surface area contributed by atoms with E-state index in [2.05, 4.69) is 10.0 Å². The summed E-state index contributed by atoms with van der Waals surface area (Å²) in [7, 11) is -3.87. The van der Waals surface area contributed by atoms with Crippen LogP contribution < -0.4 is 10.0 Å². The van der Waals surface area contributed by atoms with Gasteiger partial charge in [-0.05, 0) is 49.3 Å². The van der Waals surface area contributed by atoms with Crippen molar-refractivity contribution in [3.05, 3.63) is 29.8 Å². The Hall–Kier alpha value is -2.46. The predicted octanol–water partition coefficient (Wildman–Crippen LogP) is 1.03. The molecule has 3 heterocycles. The molecule has 5 rings (SSSR count). The van der Waals surface area contributed by atoms with E-state index in [-0.39, 0.29) is 36.1 Å². The molecule has 174 valence electrons. The second-order valence-corrected chi connectivity index (χ2v) is 10.7. The Bertz CT molecular complexity index is 987. The van der Waals surface area contributed by atoms with Gasteiger partial charge in [0.15, 0.2) is 0 Å². The predicted molar refractivity (Wildman–Crippen MR) is 115 cm³/mol. The lowest BCUT2D eigenvalue weighted by atomic mass is 9.83. The number of aryl methyl sites for hydroxylation is 1. The molecule has 2 unspecified atom stereocenters. The molecule has 9 nitrogen and oxygen atoms in total. The maximum absolute atomic E-state index is 13.5. The number of sulfonamides is 1. The molecule has 1 aromatic carbocycles. The molecule has 32 heavy (non-hydrogen) atoms. The van der Waals surface area contributed by atoms with Gasteiger partial charge in [-0.1, -0.05) is 31.4 Å². The summed E-state index contributed by atoms with van der Waals surface area (Å²) in [5.41, 5.74) is 0.825. The van der Waals surface area contributed by atoms with Gasteiger partial charge in [-0.3, -0.25) is 9.59 Å². The van der Waals surface area contributed by atoms with Crippen molar-refractivity contribution in [2.24, 2.45) is 5.92 Å². The van der Waals surface area contributed by atoms with Crippen molar-refractivity contribution in [2.75, 3.05) is 6.54 Å². The van der Waals surface area contributed by atoms with Crippen molar-refractivity contribution >= 4 is 27.8 Å². The molecule has 0 aromatic heterocycles. The average Bonchev–Trinajstić information content (AvgIpc) is 3.19. The third-order valence-corrected chi connectivity index (χ3v) is 8.31. The first-order valence-corrected chi connectivity index (χ1v) is 12.7. The molecule has 4 aliphatic rings. The fourth-order valence-electron chi connectivity index (χ4n) is 5.05. The van der Waals surface area contributed by atoms with Crippen LogP contribution in [0.25, 0.3) is 0 Å². The van der Waals surface area contributed by atoms with E-state index in [1.807, 2.05) is 0 Å². The standard InChI is InChI=1S/C22H29N3O6S/c26-19-11-8-14-6-9-17(10-7-14)32(30,31)24-16-12-18(22(28)29)25(13-16)21(27)20(23-19)15-4-2-1-3-5-15/h6-7,9-10,15-16,18,20,24H,1-5,8,11-13H2,(H,23,26)(H,28,29)/t16-,18?,20?/m1/s1. The van der Waals surface area contributed by atoms with Gasteiger partial charge >= 0.3 is 5.97 Å². The van der Waals surface area contributed by atoms with Crippen molar-refractivity contribution in [3.63, 3.8) is 0 Å². The number of carbonyl (C=O) groups excluding carboxylic acids is 2. The Morgan fingerprint density at radius 2 is 1.72 bits per heavy atom. The van der Waals surface area contributed by atoms with Crippen LogP contribution in [0.1, 0.15) is 50.5 Å². The van der Waals surface area contributed by atoms with E-state index in [0.717, 1.165) is 37.7 Å². The molecule has 4 bridgehead atoms. The van der Waals surface area contributed by atoms with Crippen LogP contribution >= 0.6 is 0 Å². The minimum atomic E-state index is -3.87. The number of carboxylic acids is 1. The lowest BCUT2D eigenvalue weighted by Crippen LogP contribution is -2.55. The number of hydrogen-bond acceptors (Lipinski definition) is 5. The van der Waals surface area contributed by atoms with Crippen molar-refractivity contribution in [1.29, 1.82) is 0 Å². The van der Waals surface area contributed by atoms with Gasteiger partial charge in [0.05, 0.1) is 4.90 Å². The number of aliphatic carboxylic acids is 1. The highest BCUT2D eigenvalue weighted by atomic mass is 32.2. The summed E-state index contributed by atoms with van der Waals surface area (Å²) in [6.07, 6.45) is 5.12. The van der Waals surface area contributed by atoms with Crippen LogP contribution in [0.3, 0.4) is 0 Å². The summed E-state index contributed by atoms with van der Waals surface area (Å²) in [6, 6.07) is 3.63. The highest BCUT2D eigenvalue weighted by Crippen LogP contribution is 2.30. The Balaban J connectivity index is 1.69. The van der Waals surface area contributed by atoms with E-state index >= 15 is 0 Å². The van der Waals surface area contributed by atoms with Crippen LogP contribution in [0.15, 0.2) is 29.2 Å². The zero-order chi connectivity index (χ0) is 22.9. The summed E-state index contributed by atoms with van der Waals surface area (Å²) >= 11 is 0. The molecule has 1 saturated heterocycles. The molecule has 0 radical (unpaired) electrons. The average molecular weight is 464 g/mol. The van der Waals surface area contributed by atoms with Crippen molar-refractivity contribution in [3.8, 4) is 0 Å². The molecule has 2 amide bonds. The highest BCUT2D eigenvalue weighted by molar-refractivity contribution is 7.89. The summed E-state index contributed by atoms with van der Waals surface area (Å²) in [5, 5.41) is 12.6. The molecule has 1 aromatic rings. The molecule has 3 atom stereocenters. The number of amides is 2. The first-order valence-electron chi connectivity index (χ1n) is 11.2. The number of fused-ring (bicyclic) bond motifs is 8. The quantitative estimate of drug-likeness (QED) is 0.600. The first kappa shape index (κ1) is 22.7. The third kappa shape index (κ3) is 4.80. The number of nitrogens with zero attached hydrogens (tertiary/aromatic N) is 1. The number of benzene rings is 1. The third-order valence-electron chi connectivity index (χ3n) is 6.77. The van der Waals surface area contributed by atoms with Crippen LogP contribution in [0.2, 0.25) is 0 Å². The number of carboxylic acid groups (broad SMARTS) is 1. The number of nitrogens with one attached hydrogen (secondary N) is 2. The molecule has 2 fully saturated rings. The topological polar surface area (TPSA) is 133 Å². The van der Waals surface area contributed by atoms with Crippen LogP contribution in [0.5, 0.6) is 0 Å². The molecule has 3 N–H and O–H groups in total. The summed E-state index contributed by atoms with van der Waals surface area (Å²) in [6.45, 7) is -0.0494. The van der Waals surface area contributed by atoms with Crippen LogP contribution in [-0.2, 0) is 30.8 Å². The van der Waals surface area contributed by atoms with E-state index in [9.17, 15) is 27.9 Å². The SMILES string of the molecule is O=C1CCc2ccc(cc2)S(=O)(=O)N[C@@H]2CC(C(=O)O)N(C2)C(=O)C(C2CCCCC2)N1. The molecule has 1 saturated carbocycles. The van der Waals surface area contributed by atoms with E-state index in [1.54, 1.807) is 12.1 Å². The lowest BCUT2D eigenvalue weighted by Gasteiger charge is -2.34. The molecular formula is C22H29N3O6S. The maximum Gasteiger partial charge on any atom is 0.326 e. The highest BCUT2D eigenvalue weighted by Gasteiger charge is 2.45. The van der Waals surface area contributed by atoms with Gasteiger partial charge < -0.3 is 15.3 Å². The molecular weight excluding hydrogens is 434 g/mol. The summed E-state index contributed by atoms with van der Waals surface area (Å²) in [4.78, 5) is 39.5. The van der Waals surface area contributed by atoms with Crippen molar-refractivity contribution < 1.29 is 27.9 Å². The van der Waals surface area contributed by atoms with Gasteiger partial charge in [0.1, 0.15) is 12.1 Å². The van der Waals surface area contributed by atoms with Gasteiger partial charge in [-0.25, -0.2) is 17.9 Å². The largest absolute Gasteiger partial charge is 0.480 e. The van der Waals surface area contributed by atoms with Gasteiger partial charge in [0, 0.05) is 19.0 Å². The van der Waals surface area contributed by atoms with E-state index in [0.29, 0.717) is 6.42 Å². The zero-order valence-electron chi connectivity index (χ0n) is 17.8. The molecule has 3 aliphatic heterocycles. The van der Waals surface area contributed by atoms with Gasteiger partial charge in [0.25, 0.3) is 0 Å². The normalized spacial score (nSPS) is 29.2. The summed E-state index contributed by atoms with van der Waals surface area (Å²) in [5.74, 6) is -1.94. The minimum absolute atomic E-state index is 0.0241. The van der Waals surface area contributed by atoms with Crippen molar-refractivity contribution in [1.82, 2.24) is 14.9 Å². The Morgan fingerprint density at radius 1 is 1.03 bits per heavy atom. The lowest BCUT2D eigenvalue weighted by molar-refractivity contribution is -0.150. The monoisotopic (exact) mass is 463 g/mol. The van der Waals surface area contributed by atoms with Crippen LogP contribution in [-0.4, -0.2) is 60.9 Å². The number of carbonyl (C=O) groups is 3. The molecule has 0 spiro atoms. The van der Waals surface area contributed by atoms with Gasteiger partial charge in [0.2, 0.25) is 21.8 Å². The Labute approximate surface area is 187 Å². The first-order chi connectivity index (χ1) is 15.2. The van der Waals surface area contributed by atoms with Crippen molar-refractivity contribution in [2.45, 2.75) is 74.4 Å². The zero-order valence-corrected chi connectivity index (χ0v) is 18.6. The number of hydrogen-bond donors (Lipinski definition) is 3. The van der Waals surface area contributed by atoms with E-state index < -0.39 is 40.0 Å². The fraction of sp³-hybridized carbons (Fsp3) is 0.591. The Morgan fingerprint density at radius 3 is 2.38 bits per heavy atom. The smallest absolute Gasteiger partial charge is 0.326 e. The van der Waals surface area contributed by atoms with Crippen LogP contribution in [0.4, 0.5) is 0 Å². The molecule has 1 aliphatic carbocycles. The second kappa shape index (κ2) is 9.19. The van der Waals surface area contributed by atoms with Gasteiger partial charge in [-0.15, -0.1) is 0 Å².